The molecule has 1 atom stereocenters. The van der Waals surface area contributed by atoms with Gasteiger partial charge in [-0.2, -0.15) is 0 Å². The number of carbonyl (C=O) groups excluding carboxylic acids is 1. The quantitative estimate of drug-likeness (QED) is 0.466. The molecule has 31 heavy (non-hydrogen) atoms. The third-order valence-electron chi connectivity index (χ3n) is 5.17. The number of hydrogen-bond acceptors (Lipinski definition) is 7. The smallest absolute Gasteiger partial charge is 0.277 e. The normalized spacial score (nSPS) is 15.8. The number of hydrogen-bond donors (Lipinski definition) is 0. The second kappa shape index (κ2) is 9.62. The second-order valence-corrected chi connectivity index (χ2v) is 8.39. The Balaban J connectivity index is 1.44. The Hall–Kier alpha value is -2.71. The molecule has 0 aliphatic carbocycles. The Morgan fingerprint density at radius 3 is 2.87 bits per heavy atom. The number of rotatable bonds is 7. The van der Waals surface area contributed by atoms with Gasteiger partial charge in [0.05, 0.1) is 26.0 Å². The van der Waals surface area contributed by atoms with Gasteiger partial charge in [-0.1, -0.05) is 29.4 Å². The molecule has 0 saturated carbocycles. The van der Waals surface area contributed by atoms with Crippen molar-refractivity contribution in [2.75, 3.05) is 26.5 Å². The number of methoxy groups -OCH3 is 2. The van der Waals surface area contributed by atoms with Gasteiger partial charge in [-0.05, 0) is 49.2 Å². The van der Waals surface area contributed by atoms with Gasteiger partial charge in [-0.25, -0.2) is 0 Å². The van der Waals surface area contributed by atoms with Gasteiger partial charge < -0.3 is 18.8 Å². The number of carbonyl (C=O) groups is 1. The standard InChI is InChI=1S/C22H22ClN3O4S/c1-28-16-8-9-19(29-2)17(12-16)18-7-4-10-26(18)20(27)13-31-22-25-24-21(30-22)14-5-3-6-15(23)11-14/h3,5-6,8-9,11-12,18H,4,7,10,13H2,1-2H3. The molecule has 1 amide bonds. The van der Waals surface area contributed by atoms with Gasteiger partial charge in [-0.15, -0.1) is 10.2 Å². The van der Waals surface area contributed by atoms with E-state index in [1.165, 1.54) is 11.8 Å². The first-order chi connectivity index (χ1) is 15.1. The van der Waals surface area contributed by atoms with Crippen molar-refractivity contribution in [1.82, 2.24) is 15.1 Å². The van der Waals surface area contributed by atoms with Crippen molar-refractivity contribution in [3.05, 3.63) is 53.1 Å². The largest absolute Gasteiger partial charge is 0.497 e. The van der Waals surface area contributed by atoms with E-state index in [2.05, 4.69) is 10.2 Å². The lowest BCUT2D eigenvalue weighted by atomic mass is 10.0. The van der Waals surface area contributed by atoms with Crippen LogP contribution in [-0.4, -0.2) is 47.5 Å². The van der Waals surface area contributed by atoms with E-state index in [0.717, 1.165) is 35.5 Å². The Labute approximate surface area is 189 Å². The van der Waals surface area contributed by atoms with Crippen LogP contribution in [0.3, 0.4) is 0 Å². The molecule has 2 aromatic carbocycles. The van der Waals surface area contributed by atoms with Crippen LogP contribution in [0.1, 0.15) is 24.4 Å². The van der Waals surface area contributed by atoms with E-state index >= 15 is 0 Å². The first kappa shape index (κ1) is 21.5. The summed E-state index contributed by atoms with van der Waals surface area (Å²) >= 11 is 7.25. The van der Waals surface area contributed by atoms with E-state index in [1.54, 1.807) is 26.4 Å². The first-order valence-corrected chi connectivity index (χ1v) is 11.2. The van der Waals surface area contributed by atoms with Gasteiger partial charge in [0.1, 0.15) is 11.5 Å². The number of amides is 1. The Kier molecular flexibility index (Phi) is 6.67. The molecular formula is C22H22ClN3O4S. The van der Waals surface area contributed by atoms with Crippen LogP contribution in [0.25, 0.3) is 11.5 Å². The SMILES string of the molecule is COc1ccc(OC)c(C2CCCN2C(=O)CSc2nnc(-c3cccc(Cl)c3)o2)c1. The molecule has 1 saturated heterocycles. The third kappa shape index (κ3) is 4.80. The molecule has 0 spiro atoms. The number of benzene rings is 2. The molecule has 1 aromatic heterocycles. The summed E-state index contributed by atoms with van der Waals surface area (Å²) in [6, 6.07) is 12.8. The summed E-state index contributed by atoms with van der Waals surface area (Å²) in [6.45, 7) is 0.696. The number of ether oxygens (including phenoxy) is 2. The highest BCUT2D eigenvalue weighted by molar-refractivity contribution is 7.99. The molecule has 0 radical (unpaired) electrons. The third-order valence-corrected chi connectivity index (χ3v) is 6.20. The highest BCUT2D eigenvalue weighted by atomic mass is 35.5. The average Bonchev–Trinajstić information content (AvgIpc) is 3.47. The van der Waals surface area contributed by atoms with Crippen LogP contribution in [0.2, 0.25) is 5.02 Å². The van der Waals surface area contributed by atoms with E-state index in [-0.39, 0.29) is 17.7 Å². The van der Waals surface area contributed by atoms with Crippen molar-refractivity contribution < 1.29 is 18.7 Å². The van der Waals surface area contributed by atoms with E-state index in [9.17, 15) is 4.79 Å². The monoisotopic (exact) mass is 459 g/mol. The molecule has 3 aromatic rings. The number of likely N-dealkylation sites (tertiary alicyclic amines) is 1. The van der Waals surface area contributed by atoms with E-state index in [4.69, 9.17) is 25.5 Å². The van der Waals surface area contributed by atoms with Crippen molar-refractivity contribution in [3.8, 4) is 23.0 Å². The zero-order valence-corrected chi connectivity index (χ0v) is 18.8. The maximum Gasteiger partial charge on any atom is 0.277 e. The van der Waals surface area contributed by atoms with Crippen LogP contribution in [0.5, 0.6) is 11.5 Å². The second-order valence-electron chi connectivity index (χ2n) is 7.03. The highest BCUT2D eigenvalue weighted by Gasteiger charge is 2.32. The minimum Gasteiger partial charge on any atom is -0.497 e. The molecule has 1 aliphatic heterocycles. The molecule has 2 heterocycles. The summed E-state index contributed by atoms with van der Waals surface area (Å²) in [5, 5.41) is 9.04. The number of nitrogens with zero attached hydrogens (tertiary/aromatic N) is 3. The lowest BCUT2D eigenvalue weighted by Gasteiger charge is -2.26. The summed E-state index contributed by atoms with van der Waals surface area (Å²) < 4.78 is 16.6. The molecular weight excluding hydrogens is 438 g/mol. The van der Waals surface area contributed by atoms with Crippen LogP contribution in [0.15, 0.2) is 52.1 Å². The average molecular weight is 460 g/mol. The molecule has 1 unspecified atom stereocenters. The summed E-state index contributed by atoms with van der Waals surface area (Å²) in [5.74, 6) is 2.09. The fourth-order valence-electron chi connectivity index (χ4n) is 3.70. The minimum absolute atomic E-state index is 0.0138. The zero-order valence-electron chi connectivity index (χ0n) is 17.2. The summed E-state index contributed by atoms with van der Waals surface area (Å²) in [6.07, 6.45) is 1.81. The number of halogens is 1. The summed E-state index contributed by atoms with van der Waals surface area (Å²) in [4.78, 5) is 14.9. The van der Waals surface area contributed by atoms with Gasteiger partial charge in [-0.3, -0.25) is 4.79 Å². The van der Waals surface area contributed by atoms with Crippen LogP contribution < -0.4 is 9.47 Å². The number of thioether (sulfide) groups is 1. The lowest BCUT2D eigenvalue weighted by Crippen LogP contribution is -2.32. The van der Waals surface area contributed by atoms with Crippen molar-refractivity contribution in [3.63, 3.8) is 0 Å². The van der Waals surface area contributed by atoms with Gasteiger partial charge in [0.15, 0.2) is 0 Å². The van der Waals surface area contributed by atoms with E-state index in [1.807, 2.05) is 35.2 Å². The predicted octanol–water partition coefficient (Wildman–Crippen LogP) is 4.86. The fraction of sp³-hybridized carbons (Fsp3) is 0.318. The highest BCUT2D eigenvalue weighted by Crippen LogP contribution is 2.39. The van der Waals surface area contributed by atoms with E-state index in [0.29, 0.717) is 22.7 Å². The van der Waals surface area contributed by atoms with Gasteiger partial charge in [0.2, 0.25) is 11.8 Å². The minimum atomic E-state index is -0.0529. The Morgan fingerprint density at radius 1 is 1.23 bits per heavy atom. The Bertz CT molecular complexity index is 1070. The molecule has 1 fully saturated rings. The van der Waals surface area contributed by atoms with Crippen molar-refractivity contribution in [2.45, 2.75) is 24.1 Å². The topological polar surface area (TPSA) is 77.7 Å². The van der Waals surface area contributed by atoms with Crippen molar-refractivity contribution >= 4 is 29.3 Å². The molecule has 162 valence electrons. The van der Waals surface area contributed by atoms with Crippen LogP contribution in [0.4, 0.5) is 0 Å². The fourth-order valence-corrected chi connectivity index (χ4v) is 4.54. The molecule has 0 bridgehead atoms. The maximum atomic E-state index is 13.0. The van der Waals surface area contributed by atoms with Crippen LogP contribution in [0, 0.1) is 0 Å². The molecule has 4 rings (SSSR count). The van der Waals surface area contributed by atoms with Crippen molar-refractivity contribution in [1.29, 1.82) is 0 Å². The van der Waals surface area contributed by atoms with E-state index < -0.39 is 0 Å². The van der Waals surface area contributed by atoms with Gasteiger partial charge in [0.25, 0.3) is 5.22 Å². The van der Waals surface area contributed by atoms with Gasteiger partial charge in [0, 0.05) is 22.7 Å². The Morgan fingerprint density at radius 2 is 2.10 bits per heavy atom. The van der Waals surface area contributed by atoms with Gasteiger partial charge >= 0.3 is 0 Å². The maximum absolute atomic E-state index is 13.0. The number of aromatic nitrogens is 2. The zero-order chi connectivity index (χ0) is 21.8. The molecule has 9 heteroatoms. The molecule has 1 aliphatic rings. The van der Waals surface area contributed by atoms with Crippen molar-refractivity contribution in [2.24, 2.45) is 0 Å². The first-order valence-electron chi connectivity index (χ1n) is 9.82. The van der Waals surface area contributed by atoms with Crippen LogP contribution in [-0.2, 0) is 4.79 Å². The summed E-state index contributed by atoms with van der Waals surface area (Å²) in [7, 11) is 3.26. The lowest BCUT2D eigenvalue weighted by molar-refractivity contribution is -0.129. The van der Waals surface area contributed by atoms with Crippen LogP contribution >= 0.6 is 23.4 Å². The predicted molar refractivity (Wildman–Crippen MR) is 119 cm³/mol. The molecule has 0 N–H and O–H groups in total. The summed E-state index contributed by atoms with van der Waals surface area (Å²) in [5.41, 5.74) is 1.70. The molecule has 7 nitrogen and oxygen atoms in total.